The minimum absolute atomic E-state index is 0.131. The molecule has 174 valence electrons. The molecule has 1 aliphatic rings. The van der Waals surface area contributed by atoms with Gasteiger partial charge in [-0.3, -0.25) is 9.69 Å². The molecule has 1 unspecified atom stereocenters. The minimum atomic E-state index is -4.20. The third-order valence-electron chi connectivity index (χ3n) is 5.59. The maximum absolute atomic E-state index is 12.8. The highest BCUT2D eigenvalue weighted by Crippen LogP contribution is 2.29. The van der Waals surface area contributed by atoms with Crippen LogP contribution in [0.25, 0.3) is 0 Å². The fraction of sp³-hybridized carbons (Fsp3) is 0.429. The number of benzene rings is 1. The summed E-state index contributed by atoms with van der Waals surface area (Å²) in [6.07, 6.45) is 0.137. The van der Waals surface area contributed by atoms with Crippen molar-refractivity contribution >= 4 is 27.7 Å². The highest BCUT2D eigenvalue weighted by atomic mass is 35.5. The van der Waals surface area contributed by atoms with Crippen LogP contribution in [0.3, 0.4) is 0 Å². The van der Waals surface area contributed by atoms with Gasteiger partial charge in [0.05, 0.1) is 10.9 Å². The van der Waals surface area contributed by atoms with E-state index in [1.807, 2.05) is 25.7 Å². The molecule has 1 aliphatic heterocycles. The number of aromatic hydroxyl groups is 1. The van der Waals surface area contributed by atoms with Gasteiger partial charge in [-0.1, -0.05) is 32.4 Å². The molecule has 2 N–H and O–H groups in total. The number of halogens is 1. The first-order chi connectivity index (χ1) is 14.8. The molecule has 1 aromatic carbocycles. The van der Waals surface area contributed by atoms with Gasteiger partial charge in [0, 0.05) is 43.0 Å². The van der Waals surface area contributed by atoms with E-state index in [9.17, 15) is 28.2 Å². The molecule has 1 aromatic heterocycles. The van der Waals surface area contributed by atoms with Gasteiger partial charge >= 0.3 is 11.7 Å². The molecule has 1 saturated heterocycles. The van der Waals surface area contributed by atoms with Gasteiger partial charge in [-0.15, -0.1) is 0 Å². The van der Waals surface area contributed by atoms with Crippen molar-refractivity contribution in [2.75, 3.05) is 19.6 Å². The van der Waals surface area contributed by atoms with E-state index in [2.05, 4.69) is 0 Å². The van der Waals surface area contributed by atoms with E-state index in [1.165, 1.54) is 35.2 Å². The smallest absolute Gasteiger partial charge is 0.407 e. The molecule has 11 heteroatoms. The Kier molecular flexibility index (Phi) is 6.60. The van der Waals surface area contributed by atoms with Crippen LogP contribution in [-0.4, -0.2) is 64.2 Å². The summed E-state index contributed by atoms with van der Waals surface area (Å²) in [6.45, 7) is 7.18. The summed E-state index contributed by atoms with van der Waals surface area (Å²) >= 11 is 5.80. The van der Waals surface area contributed by atoms with E-state index < -0.39 is 27.4 Å². The number of carboxylic acid groups (broad SMARTS) is 1. The number of rotatable bonds is 4. The lowest BCUT2D eigenvalue weighted by Gasteiger charge is -2.46. The van der Waals surface area contributed by atoms with Crippen LogP contribution < -0.4 is 5.56 Å². The lowest BCUT2D eigenvalue weighted by Crippen LogP contribution is -2.59. The van der Waals surface area contributed by atoms with E-state index in [1.54, 1.807) is 0 Å². The molecule has 2 heterocycles. The zero-order chi connectivity index (χ0) is 23.8. The van der Waals surface area contributed by atoms with Crippen LogP contribution in [0, 0.1) is 5.41 Å². The normalized spacial score (nSPS) is 18.0. The topological polar surface area (TPSA) is 120 Å². The number of amides is 1. The summed E-state index contributed by atoms with van der Waals surface area (Å²) in [5.41, 5.74) is -1.09. The average Bonchev–Trinajstić information content (AvgIpc) is 2.71. The Morgan fingerprint density at radius 2 is 1.78 bits per heavy atom. The number of nitrogens with zero attached hydrogens (tertiary/aromatic N) is 3. The second kappa shape index (κ2) is 8.76. The van der Waals surface area contributed by atoms with Crippen LogP contribution in [-0.2, 0) is 16.6 Å². The lowest BCUT2D eigenvalue weighted by atomic mass is 9.84. The maximum Gasteiger partial charge on any atom is 0.407 e. The summed E-state index contributed by atoms with van der Waals surface area (Å²) < 4.78 is 26.1. The molecule has 2 aromatic rings. The summed E-state index contributed by atoms with van der Waals surface area (Å²) in [5, 5.41) is 20.3. The van der Waals surface area contributed by atoms with E-state index >= 15 is 0 Å². The Morgan fingerprint density at radius 1 is 1.16 bits per heavy atom. The van der Waals surface area contributed by atoms with Crippen molar-refractivity contribution in [2.45, 2.75) is 38.3 Å². The largest absolute Gasteiger partial charge is 0.503 e. The lowest BCUT2D eigenvalue weighted by molar-refractivity contribution is 0.0187. The van der Waals surface area contributed by atoms with Gasteiger partial charge in [-0.25, -0.2) is 17.2 Å². The fourth-order valence-corrected chi connectivity index (χ4v) is 5.14. The first-order valence-corrected chi connectivity index (χ1v) is 11.8. The number of piperazine rings is 1. The molecule has 0 bridgehead atoms. The van der Waals surface area contributed by atoms with Crippen LogP contribution in [0.4, 0.5) is 4.79 Å². The average molecular weight is 484 g/mol. The third-order valence-corrected chi connectivity index (χ3v) is 7.52. The van der Waals surface area contributed by atoms with Crippen molar-refractivity contribution in [3.8, 4) is 5.75 Å². The Labute approximate surface area is 191 Å². The summed E-state index contributed by atoms with van der Waals surface area (Å²) in [6, 6.07) is 6.47. The van der Waals surface area contributed by atoms with Crippen LogP contribution in [0.1, 0.15) is 26.3 Å². The number of hydrogen-bond donors (Lipinski definition) is 2. The molecule has 3 rings (SSSR count). The van der Waals surface area contributed by atoms with Crippen LogP contribution in [0.5, 0.6) is 5.75 Å². The number of pyridine rings is 1. The second-order valence-electron chi connectivity index (χ2n) is 8.84. The van der Waals surface area contributed by atoms with E-state index in [4.69, 9.17) is 11.6 Å². The van der Waals surface area contributed by atoms with Crippen LogP contribution >= 0.6 is 11.6 Å². The Morgan fingerprint density at radius 3 is 2.34 bits per heavy atom. The van der Waals surface area contributed by atoms with Crippen molar-refractivity contribution in [3.05, 3.63) is 57.5 Å². The molecule has 0 aliphatic carbocycles. The summed E-state index contributed by atoms with van der Waals surface area (Å²) in [4.78, 5) is 27.5. The monoisotopic (exact) mass is 483 g/mol. The number of carbonyl (C=O) groups is 1. The predicted octanol–water partition coefficient (Wildman–Crippen LogP) is 2.65. The zero-order valence-corrected chi connectivity index (χ0v) is 19.6. The van der Waals surface area contributed by atoms with Crippen molar-refractivity contribution in [2.24, 2.45) is 5.41 Å². The molecule has 32 heavy (non-hydrogen) atoms. The summed E-state index contributed by atoms with van der Waals surface area (Å²) in [7, 11) is -4.20. The molecule has 9 nitrogen and oxygen atoms in total. The SMILES string of the molecule is CC(C)(C)C1CN(Cc2ccn(S(=O)(=O)c3ccc(Cl)cc3)c(=O)c2O)CCN1C(=O)O. The third kappa shape index (κ3) is 4.77. The van der Waals surface area contributed by atoms with Gasteiger partial charge in [0.15, 0.2) is 5.75 Å². The fourth-order valence-electron chi connectivity index (χ4n) is 3.78. The second-order valence-corrected chi connectivity index (χ2v) is 11.1. The molecule has 1 amide bonds. The van der Waals surface area contributed by atoms with Gasteiger partial charge in [0.25, 0.3) is 10.0 Å². The highest BCUT2D eigenvalue weighted by Gasteiger charge is 2.38. The van der Waals surface area contributed by atoms with E-state index in [-0.39, 0.29) is 28.5 Å². The Bertz CT molecular complexity index is 1170. The van der Waals surface area contributed by atoms with Crippen LogP contribution in [0.15, 0.2) is 46.2 Å². The first kappa shape index (κ1) is 24.1. The van der Waals surface area contributed by atoms with E-state index in [0.29, 0.717) is 28.6 Å². The molecule has 0 spiro atoms. The number of aromatic nitrogens is 1. The molecule has 0 radical (unpaired) electrons. The predicted molar refractivity (Wildman–Crippen MR) is 120 cm³/mol. The number of hydrogen-bond acceptors (Lipinski definition) is 6. The van der Waals surface area contributed by atoms with E-state index in [0.717, 1.165) is 6.20 Å². The van der Waals surface area contributed by atoms with Gasteiger partial charge in [0.1, 0.15) is 0 Å². The van der Waals surface area contributed by atoms with Gasteiger partial charge in [-0.2, -0.15) is 0 Å². The van der Waals surface area contributed by atoms with Crippen molar-refractivity contribution in [1.29, 1.82) is 0 Å². The van der Waals surface area contributed by atoms with Crippen molar-refractivity contribution < 1.29 is 23.4 Å². The minimum Gasteiger partial charge on any atom is -0.503 e. The molecular weight excluding hydrogens is 458 g/mol. The Hall–Kier alpha value is -2.56. The molecule has 0 saturated carbocycles. The molecule has 1 fully saturated rings. The Balaban J connectivity index is 1.87. The molecular formula is C21H26ClN3O6S. The van der Waals surface area contributed by atoms with Crippen molar-refractivity contribution in [1.82, 2.24) is 13.8 Å². The van der Waals surface area contributed by atoms with Gasteiger partial charge in [-0.05, 0) is 35.7 Å². The quantitative estimate of drug-likeness (QED) is 0.685. The van der Waals surface area contributed by atoms with Crippen LogP contribution in [0.2, 0.25) is 5.02 Å². The standard InChI is InChI=1S/C21H26ClN3O6S/c1-21(2,3)17-13-23(10-11-24(17)20(28)29)12-14-8-9-25(19(27)18(14)26)32(30,31)16-6-4-15(22)5-7-16/h4-9,17,26H,10-13H2,1-3H3,(H,28,29). The first-order valence-electron chi connectivity index (χ1n) is 9.99. The maximum atomic E-state index is 12.8. The van der Waals surface area contributed by atoms with Gasteiger partial charge in [0.2, 0.25) is 0 Å². The van der Waals surface area contributed by atoms with Gasteiger partial charge < -0.3 is 15.1 Å². The highest BCUT2D eigenvalue weighted by molar-refractivity contribution is 7.90. The molecule has 1 atom stereocenters. The summed E-state index contributed by atoms with van der Waals surface area (Å²) in [5.74, 6) is -0.655. The van der Waals surface area contributed by atoms with Crippen molar-refractivity contribution in [3.63, 3.8) is 0 Å². The zero-order valence-electron chi connectivity index (χ0n) is 18.0.